The number of rotatable bonds is 3. The van der Waals surface area contributed by atoms with Crippen LogP contribution in [0.2, 0.25) is 0 Å². The van der Waals surface area contributed by atoms with Crippen LogP contribution in [-0.2, 0) is 5.60 Å². The first-order valence-electron chi connectivity index (χ1n) is 5.78. The maximum absolute atomic E-state index is 10.6. The zero-order valence-electron chi connectivity index (χ0n) is 9.61. The molecule has 0 unspecified atom stereocenters. The van der Waals surface area contributed by atoms with Gasteiger partial charge in [-0.25, -0.2) is 0 Å². The van der Waals surface area contributed by atoms with E-state index in [0.717, 1.165) is 35.7 Å². The van der Waals surface area contributed by atoms with Crippen LogP contribution in [0.25, 0.3) is 0 Å². The Hall–Kier alpha value is -0.670. The van der Waals surface area contributed by atoms with Crippen molar-refractivity contribution in [1.29, 1.82) is 0 Å². The molecule has 1 aromatic rings. The summed E-state index contributed by atoms with van der Waals surface area (Å²) in [6, 6.07) is 7.87. The lowest BCUT2D eigenvalue weighted by Crippen LogP contribution is -2.30. The van der Waals surface area contributed by atoms with E-state index in [2.05, 4.69) is 0 Å². The predicted molar refractivity (Wildman–Crippen MR) is 68.1 cm³/mol. The van der Waals surface area contributed by atoms with Crippen LogP contribution >= 0.6 is 11.8 Å². The Balaban J connectivity index is 2.21. The number of hydrogen-bond donors (Lipinski definition) is 1. The Kier molecular flexibility index (Phi) is 3.77. The first-order chi connectivity index (χ1) is 7.74. The zero-order valence-corrected chi connectivity index (χ0v) is 10.4. The Morgan fingerprint density at radius 1 is 1.38 bits per heavy atom. The third-order valence-electron chi connectivity index (χ3n) is 3.00. The van der Waals surface area contributed by atoms with Gasteiger partial charge in [0.15, 0.2) is 0 Å². The van der Waals surface area contributed by atoms with Crippen molar-refractivity contribution in [2.75, 3.05) is 18.1 Å². The monoisotopic (exact) mass is 238 g/mol. The summed E-state index contributed by atoms with van der Waals surface area (Å²) in [6.45, 7) is 2.64. The Morgan fingerprint density at radius 2 is 2.12 bits per heavy atom. The van der Waals surface area contributed by atoms with E-state index < -0.39 is 5.60 Å². The smallest absolute Gasteiger partial charge is 0.119 e. The van der Waals surface area contributed by atoms with E-state index >= 15 is 0 Å². The normalized spacial score (nSPS) is 19.4. The molecule has 1 fully saturated rings. The largest absolute Gasteiger partial charge is 0.494 e. The van der Waals surface area contributed by atoms with E-state index in [9.17, 15) is 5.11 Å². The van der Waals surface area contributed by atoms with E-state index in [4.69, 9.17) is 4.74 Å². The standard InChI is InChI=1S/C13H18O2S/c1-2-15-12-5-3-4-11(10-12)13(14)6-8-16-9-7-13/h3-5,10,14H,2,6-9H2,1H3. The molecular formula is C13H18O2S. The van der Waals surface area contributed by atoms with Gasteiger partial charge in [-0.3, -0.25) is 0 Å². The second kappa shape index (κ2) is 5.11. The minimum Gasteiger partial charge on any atom is -0.494 e. The SMILES string of the molecule is CCOc1cccc(C2(O)CCSCC2)c1. The fourth-order valence-electron chi connectivity index (χ4n) is 2.04. The van der Waals surface area contributed by atoms with Gasteiger partial charge in [0.2, 0.25) is 0 Å². The maximum Gasteiger partial charge on any atom is 0.119 e. The summed E-state index contributed by atoms with van der Waals surface area (Å²) >= 11 is 1.92. The molecule has 0 bridgehead atoms. The minimum absolute atomic E-state index is 0.641. The van der Waals surface area contributed by atoms with Crippen LogP contribution < -0.4 is 4.74 Å². The van der Waals surface area contributed by atoms with Crippen molar-refractivity contribution in [2.45, 2.75) is 25.4 Å². The third kappa shape index (κ3) is 2.53. The van der Waals surface area contributed by atoms with E-state index in [0.29, 0.717) is 6.61 Å². The molecular weight excluding hydrogens is 220 g/mol. The zero-order chi connectivity index (χ0) is 11.4. The molecule has 0 aliphatic carbocycles. The van der Waals surface area contributed by atoms with Crippen molar-refractivity contribution in [3.63, 3.8) is 0 Å². The molecule has 0 atom stereocenters. The van der Waals surface area contributed by atoms with Crippen molar-refractivity contribution in [1.82, 2.24) is 0 Å². The van der Waals surface area contributed by atoms with Gasteiger partial charge in [-0.2, -0.15) is 11.8 Å². The summed E-state index contributed by atoms with van der Waals surface area (Å²) in [5.74, 6) is 2.93. The Morgan fingerprint density at radius 3 is 2.81 bits per heavy atom. The Bertz CT molecular complexity index is 346. The third-order valence-corrected chi connectivity index (χ3v) is 3.99. The van der Waals surface area contributed by atoms with Gasteiger partial charge in [-0.1, -0.05) is 12.1 Å². The first kappa shape index (κ1) is 11.8. The lowest BCUT2D eigenvalue weighted by molar-refractivity contribution is 0.0278. The first-order valence-corrected chi connectivity index (χ1v) is 6.93. The highest BCUT2D eigenvalue weighted by molar-refractivity contribution is 7.99. The highest BCUT2D eigenvalue weighted by atomic mass is 32.2. The summed E-state index contributed by atoms with van der Waals surface area (Å²) in [4.78, 5) is 0. The molecule has 88 valence electrons. The number of thioether (sulfide) groups is 1. The van der Waals surface area contributed by atoms with Crippen LogP contribution in [0, 0.1) is 0 Å². The van der Waals surface area contributed by atoms with E-state index in [1.54, 1.807) is 0 Å². The molecule has 16 heavy (non-hydrogen) atoms. The van der Waals surface area contributed by atoms with Crippen molar-refractivity contribution in [3.05, 3.63) is 29.8 Å². The Labute approximate surface area is 101 Å². The molecule has 3 heteroatoms. The second-order valence-corrected chi connectivity index (χ2v) is 5.33. The van der Waals surface area contributed by atoms with Gasteiger partial charge in [0.1, 0.15) is 5.75 Å². The molecule has 0 amide bonds. The van der Waals surface area contributed by atoms with Gasteiger partial charge in [-0.05, 0) is 49.0 Å². The second-order valence-electron chi connectivity index (χ2n) is 4.10. The summed E-state index contributed by atoms with van der Waals surface area (Å²) in [7, 11) is 0. The van der Waals surface area contributed by atoms with Crippen LogP contribution in [0.3, 0.4) is 0 Å². The van der Waals surface area contributed by atoms with Gasteiger partial charge >= 0.3 is 0 Å². The fourth-order valence-corrected chi connectivity index (χ4v) is 3.21. The summed E-state index contributed by atoms with van der Waals surface area (Å²) < 4.78 is 5.47. The van der Waals surface area contributed by atoms with Gasteiger partial charge in [-0.15, -0.1) is 0 Å². The van der Waals surface area contributed by atoms with Gasteiger partial charge < -0.3 is 9.84 Å². The van der Waals surface area contributed by atoms with Gasteiger partial charge in [0.05, 0.1) is 12.2 Å². The molecule has 0 saturated carbocycles. The molecule has 1 aromatic carbocycles. The molecule has 0 aromatic heterocycles. The topological polar surface area (TPSA) is 29.5 Å². The van der Waals surface area contributed by atoms with Crippen LogP contribution in [0.1, 0.15) is 25.3 Å². The quantitative estimate of drug-likeness (QED) is 0.878. The molecule has 1 aliphatic heterocycles. The molecule has 2 rings (SSSR count). The summed E-state index contributed by atoms with van der Waals surface area (Å²) in [5, 5.41) is 10.6. The van der Waals surface area contributed by atoms with Crippen molar-refractivity contribution in [2.24, 2.45) is 0 Å². The maximum atomic E-state index is 10.6. The minimum atomic E-state index is -0.641. The van der Waals surface area contributed by atoms with Crippen LogP contribution in [0.15, 0.2) is 24.3 Å². The van der Waals surface area contributed by atoms with Crippen LogP contribution in [0.5, 0.6) is 5.75 Å². The predicted octanol–water partition coefficient (Wildman–Crippen LogP) is 2.80. The van der Waals surface area contributed by atoms with Crippen molar-refractivity contribution >= 4 is 11.8 Å². The molecule has 0 radical (unpaired) electrons. The number of aliphatic hydroxyl groups is 1. The summed E-state index contributed by atoms with van der Waals surface area (Å²) in [5.41, 5.74) is 0.358. The van der Waals surface area contributed by atoms with Crippen LogP contribution in [0.4, 0.5) is 0 Å². The molecule has 0 spiro atoms. The average molecular weight is 238 g/mol. The fraction of sp³-hybridized carbons (Fsp3) is 0.538. The van der Waals surface area contributed by atoms with E-state index in [1.807, 2.05) is 43.0 Å². The van der Waals surface area contributed by atoms with Crippen LogP contribution in [-0.4, -0.2) is 23.2 Å². The van der Waals surface area contributed by atoms with Gasteiger partial charge in [0.25, 0.3) is 0 Å². The lowest BCUT2D eigenvalue weighted by atomic mass is 9.88. The summed E-state index contributed by atoms with van der Waals surface area (Å²) in [6.07, 6.45) is 1.68. The number of benzene rings is 1. The van der Waals surface area contributed by atoms with E-state index in [-0.39, 0.29) is 0 Å². The molecule has 1 N–H and O–H groups in total. The molecule has 1 aliphatic rings. The molecule has 1 saturated heterocycles. The van der Waals surface area contributed by atoms with Crippen molar-refractivity contribution in [3.8, 4) is 5.75 Å². The highest BCUT2D eigenvalue weighted by Crippen LogP contribution is 2.36. The number of ether oxygens (including phenoxy) is 1. The van der Waals surface area contributed by atoms with Crippen molar-refractivity contribution < 1.29 is 9.84 Å². The molecule has 2 nitrogen and oxygen atoms in total. The average Bonchev–Trinajstić information content (AvgIpc) is 2.31. The lowest BCUT2D eigenvalue weighted by Gasteiger charge is -2.32. The molecule has 1 heterocycles. The number of hydrogen-bond acceptors (Lipinski definition) is 3. The highest BCUT2D eigenvalue weighted by Gasteiger charge is 2.31. The van der Waals surface area contributed by atoms with E-state index in [1.165, 1.54) is 0 Å². The van der Waals surface area contributed by atoms with Gasteiger partial charge in [0, 0.05) is 0 Å².